The second-order valence-corrected chi connectivity index (χ2v) is 5.55. The molecule has 0 radical (unpaired) electrons. The molecule has 0 aliphatic heterocycles. The first-order valence-corrected chi connectivity index (χ1v) is 7.37. The van der Waals surface area contributed by atoms with Crippen molar-refractivity contribution >= 4 is 5.69 Å². The Morgan fingerprint density at radius 1 is 1.43 bits per heavy atom. The Balaban J connectivity index is 2.10. The van der Waals surface area contributed by atoms with Gasteiger partial charge >= 0.3 is 0 Å². The molecule has 1 aromatic rings. The van der Waals surface area contributed by atoms with E-state index in [0.717, 1.165) is 37.8 Å². The van der Waals surface area contributed by atoms with Gasteiger partial charge in [0.15, 0.2) is 0 Å². The number of nitrogens with zero attached hydrogens (tertiary/aromatic N) is 1. The van der Waals surface area contributed by atoms with Crippen LogP contribution in [0.25, 0.3) is 0 Å². The van der Waals surface area contributed by atoms with E-state index in [1.807, 2.05) is 6.92 Å². The van der Waals surface area contributed by atoms with Gasteiger partial charge in [-0.05, 0) is 25.5 Å². The molecule has 0 spiro atoms. The van der Waals surface area contributed by atoms with Crippen molar-refractivity contribution in [2.24, 2.45) is 0 Å². The third-order valence-electron chi connectivity index (χ3n) is 3.85. The fourth-order valence-electron chi connectivity index (χ4n) is 2.61. The van der Waals surface area contributed by atoms with E-state index in [1.165, 1.54) is 12.1 Å². The molecule has 0 amide bonds. The van der Waals surface area contributed by atoms with Crippen molar-refractivity contribution in [1.29, 1.82) is 0 Å². The minimum atomic E-state index is -0.753. The number of nitrogens with one attached hydrogen (secondary N) is 1. The molecular formula is C15H22N2O4. The van der Waals surface area contributed by atoms with Crippen LogP contribution < -0.4 is 10.1 Å². The maximum absolute atomic E-state index is 10.9. The first-order chi connectivity index (χ1) is 10.0. The van der Waals surface area contributed by atoms with Gasteiger partial charge in [-0.25, -0.2) is 0 Å². The van der Waals surface area contributed by atoms with E-state index >= 15 is 0 Å². The first-order valence-electron chi connectivity index (χ1n) is 7.37. The lowest BCUT2D eigenvalue weighted by molar-refractivity contribution is -0.384. The van der Waals surface area contributed by atoms with Crippen LogP contribution in [0.3, 0.4) is 0 Å². The Morgan fingerprint density at radius 3 is 2.76 bits per heavy atom. The highest BCUT2D eigenvalue weighted by Crippen LogP contribution is 2.31. The standard InChI is InChI=1S/C15H22N2O4/c1-2-16-10-12-9-13(17(19)20)5-6-14(12)21-11-15(18)7-3-4-8-15/h5-6,9,16,18H,2-4,7-8,10-11H2,1H3. The highest BCUT2D eigenvalue weighted by molar-refractivity contribution is 5.43. The Hall–Kier alpha value is -1.66. The highest BCUT2D eigenvalue weighted by Gasteiger charge is 2.32. The minimum absolute atomic E-state index is 0.0508. The maximum Gasteiger partial charge on any atom is 0.270 e. The van der Waals surface area contributed by atoms with Crippen LogP contribution in [0.4, 0.5) is 5.69 Å². The topological polar surface area (TPSA) is 84.6 Å². The van der Waals surface area contributed by atoms with E-state index in [1.54, 1.807) is 6.07 Å². The number of aliphatic hydroxyl groups is 1. The Bertz CT molecular complexity index is 498. The van der Waals surface area contributed by atoms with Crippen LogP contribution in [0.1, 0.15) is 38.2 Å². The average Bonchev–Trinajstić information content (AvgIpc) is 2.90. The number of ether oxygens (including phenoxy) is 1. The van der Waals surface area contributed by atoms with Gasteiger partial charge in [-0.1, -0.05) is 19.8 Å². The maximum atomic E-state index is 10.9. The van der Waals surface area contributed by atoms with Crippen LogP contribution in [-0.2, 0) is 6.54 Å². The molecule has 116 valence electrons. The summed E-state index contributed by atoms with van der Waals surface area (Å²) >= 11 is 0. The summed E-state index contributed by atoms with van der Waals surface area (Å²) in [6.45, 7) is 3.49. The van der Waals surface area contributed by atoms with Crippen molar-refractivity contribution in [1.82, 2.24) is 5.32 Å². The Kier molecular flexibility index (Phi) is 5.14. The van der Waals surface area contributed by atoms with Gasteiger partial charge in [0.1, 0.15) is 12.4 Å². The Morgan fingerprint density at radius 2 is 2.14 bits per heavy atom. The van der Waals surface area contributed by atoms with Crippen molar-refractivity contribution in [3.63, 3.8) is 0 Å². The largest absolute Gasteiger partial charge is 0.490 e. The fourth-order valence-corrected chi connectivity index (χ4v) is 2.61. The number of nitro benzene ring substituents is 1. The summed E-state index contributed by atoms with van der Waals surface area (Å²) in [4.78, 5) is 10.4. The normalized spacial score (nSPS) is 16.9. The van der Waals surface area contributed by atoms with E-state index < -0.39 is 10.5 Å². The van der Waals surface area contributed by atoms with Crippen molar-refractivity contribution < 1.29 is 14.8 Å². The summed E-state index contributed by atoms with van der Waals surface area (Å²) in [5.41, 5.74) is 0.0412. The zero-order valence-electron chi connectivity index (χ0n) is 12.3. The molecule has 0 aromatic heterocycles. The molecular weight excluding hydrogens is 272 g/mol. The van der Waals surface area contributed by atoms with Crippen LogP contribution in [-0.4, -0.2) is 28.8 Å². The van der Waals surface area contributed by atoms with Gasteiger partial charge in [-0.2, -0.15) is 0 Å². The zero-order chi connectivity index (χ0) is 15.3. The molecule has 0 heterocycles. The summed E-state index contributed by atoms with van der Waals surface area (Å²) in [6.07, 6.45) is 3.54. The summed E-state index contributed by atoms with van der Waals surface area (Å²) in [6, 6.07) is 4.57. The molecule has 2 N–H and O–H groups in total. The molecule has 1 saturated carbocycles. The van der Waals surface area contributed by atoms with Crippen LogP contribution in [0.5, 0.6) is 5.75 Å². The van der Waals surface area contributed by atoms with Crippen LogP contribution >= 0.6 is 0 Å². The number of rotatable bonds is 7. The summed E-state index contributed by atoms with van der Waals surface area (Å²) in [5.74, 6) is 0.599. The molecule has 1 aromatic carbocycles. The van der Waals surface area contributed by atoms with E-state index in [4.69, 9.17) is 4.74 Å². The predicted molar refractivity (Wildman–Crippen MR) is 79.4 cm³/mol. The third-order valence-corrected chi connectivity index (χ3v) is 3.85. The van der Waals surface area contributed by atoms with E-state index in [0.29, 0.717) is 12.3 Å². The van der Waals surface area contributed by atoms with Gasteiger partial charge in [-0.3, -0.25) is 10.1 Å². The number of hydrogen-bond donors (Lipinski definition) is 2. The monoisotopic (exact) mass is 294 g/mol. The third kappa shape index (κ3) is 4.15. The van der Waals surface area contributed by atoms with E-state index in [9.17, 15) is 15.2 Å². The van der Waals surface area contributed by atoms with Gasteiger partial charge in [-0.15, -0.1) is 0 Å². The second kappa shape index (κ2) is 6.87. The summed E-state index contributed by atoms with van der Waals surface area (Å²) in [5, 5.41) is 24.3. The highest BCUT2D eigenvalue weighted by atomic mass is 16.6. The number of non-ortho nitro benzene ring substituents is 1. The van der Waals surface area contributed by atoms with Crippen molar-refractivity contribution in [2.75, 3.05) is 13.2 Å². The quantitative estimate of drug-likeness (QED) is 0.596. The molecule has 0 bridgehead atoms. The fraction of sp³-hybridized carbons (Fsp3) is 0.600. The predicted octanol–water partition coefficient (Wildman–Crippen LogP) is 2.39. The van der Waals surface area contributed by atoms with Crippen LogP contribution in [0.15, 0.2) is 18.2 Å². The molecule has 0 unspecified atom stereocenters. The van der Waals surface area contributed by atoms with Crippen molar-refractivity contribution in [3.8, 4) is 5.75 Å². The molecule has 0 saturated heterocycles. The zero-order valence-corrected chi connectivity index (χ0v) is 12.3. The lowest BCUT2D eigenvalue weighted by Gasteiger charge is -2.23. The molecule has 21 heavy (non-hydrogen) atoms. The molecule has 1 aliphatic carbocycles. The summed E-state index contributed by atoms with van der Waals surface area (Å²) < 4.78 is 5.74. The second-order valence-electron chi connectivity index (χ2n) is 5.55. The van der Waals surface area contributed by atoms with Gasteiger partial charge in [0.05, 0.1) is 10.5 Å². The van der Waals surface area contributed by atoms with Gasteiger partial charge in [0.25, 0.3) is 5.69 Å². The Labute approximate surface area is 124 Å². The molecule has 0 atom stereocenters. The van der Waals surface area contributed by atoms with E-state index in [2.05, 4.69) is 5.32 Å². The van der Waals surface area contributed by atoms with Gasteiger partial charge < -0.3 is 15.2 Å². The van der Waals surface area contributed by atoms with Gasteiger partial charge in [0, 0.05) is 24.2 Å². The van der Waals surface area contributed by atoms with Crippen molar-refractivity contribution in [2.45, 2.75) is 44.8 Å². The molecule has 2 rings (SSSR count). The number of benzene rings is 1. The number of nitro groups is 1. The number of hydrogen-bond acceptors (Lipinski definition) is 5. The van der Waals surface area contributed by atoms with Gasteiger partial charge in [0.2, 0.25) is 0 Å². The molecule has 6 heteroatoms. The minimum Gasteiger partial charge on any atom is -0.490 e. The molecule has 1 fully saturated rings. The van der Waals surface area contributed by atoms with Crippen LogP contribution in [0.2, 0.25) is 0 Å². The lowest BCUT2D eigenvalue weighted by atomic mass is 10.0. The molecule has 1 aliphatic rings. The van der Waals surface area contributed by atoms with Crippen LogP contribution in [0, 0.1) is 10.1 Å². The smallest absolute Gasteiger partial charge is 0.270 e. The lowest BCUT2D eigenvalue weighted by Crippen LogP contribution is -2.32. The van der Waals surface area contributed by atoms with Crippen molar-refractivity contribution in [3.05, 3.63) is 33.9 Å². The first kappa shape index (κ1) is 15.7. The average molecular weight is 294 g/mol. The SMILES string of the molecule is CCNCc1cc([N+](=O)[O-])ccc1OCC1(O)CCCC1. The van der Waals surface area contributed by atoms with E-state index in [-0.39, 0.29) is 12.3 Å². The summed E-state index contributed by atoms with van der Waals surface area (Å²) in [7, 11) is 0. The molecule has 6 nitrogen and oxygen atoms in total.